The van der Waals surface area contributed by atoms with Gasteiger partial charge >= 0.3 is 6.09 Å². The van der Waals surface area contributed by atoms with Gasteiger partial charge in [0.1, 0.15) is 10.5 Å². The molecule has 4 rings (SSSR count). The van der Waals surface area contributed by atoms with Gasteiger partial charge in [-0.05, 0) is 73.4 Å². The number of thiazole rings is 1. The number of halogens is 3. The fourth-order valence-corrected chi connectivity index (χ4v) is 6.80. The summed E-state index contributed by atoms with van der Waals surface area (Å²) in [5.74, 6) is -3.33. The van der Waals surface area contributed by atoms with E-state index >= 15 is 8.78 Å². The SMILES string of the molecule is CC(C)(C)OC(=O)N(c1cscn1)S(=O)(=O)c1c(Br)cc(NCc2ccccc2CN2CCC2)c(F)c1F. The summed E-state index contributed by atoms with van der Waals surface area (Å²) in [6.45, 7) is 7.64. The molecule has 8 nitrogen and oxygen atoms in total. The lowest BCUT2D eigenvalue weighted by Crippen LogP contribution is -2.41. The number of benzene rings is 2. The van der Waals surface area contributed by atoms with Crippen LogP contribution >= 0.6 is 27.3 Å². The number of rotatable bonds is 8. The molecule has 2 heterocycles. The molecule has 1 amide bonds. The van der Waals surface area contributed by atoms with Crippen molar-refractivity contribution in [2.45, 2.75) is 50.8 Å². The van der Waals surface area contributed by atoms with Crippen LogP contribution in [0.4, 0.5) is 25.1 Å². The van der Waals surface area contributed by atoms with Gasteiger partial charge in [0, 0.05) is 22.9 Å². The van der Waals surface area contributed by atoms with E-state index in [1.54, 1.807) is 20.8 Å². The van der Waals surface area contributed by atoms with Gasteiger partial charge in [-0.15, -0.1) is 15.6 Å². The second-order valence-electron chi connectivity index (χ2n) is 9.71. The molecule has 13 heteroatoms. The third kappa shape index (κ3) is 6.16. The van der Waals surface area contributed by atoms with Crippen molar-refractivity contribution in [2.24, 2.45) is 0 Å². The van der Waals surface area contributed by atoms with Crippen LogP contribution < -0.4 is 9.62 Å². The monoisotopic (exact) mass is 628 g/mol. The lowest BCUT2D eigenvalue weighted by Gasteiger charge is -2.31. The predicted octanol–water partition coefficient (Wildman–Crippen LogP) is 6.13. The van der Waals surface area contributed by atoms with Crippen molar-refractivity contribution in [2.75, 3.05) is 22.7 Å². The normalized spacial score (nSPS) is 14.2. The molecule has 2 aromatic carbocycles. The molecule has 0 atom stereocenters. The number of carbonyl (C=O) groups is 1. The Balaban J connectivity index is 1.65. The van der Waals surface area contributed by atoms with Gasteiger partial charge in [0.2, 0.25) is 0 Å². The highest BCUT2D eigenvalue weighted by atomic mass is 79.9. The Morgan fingerprint density at radius 1 is 1.21 bits per heavy atom. The summed E-state index contributed by atoms with van der Waals surface area (Å²) in [5, 5.41) is 4.16. The van der Waals surface area contributed by atoms with Crippen molar-refractivity contribution in [1.29, 1.82) is 0 Å². The fourth-order valence-electron chi connectivity index (χ4n) is 3.81. The number of nitrogens with one attached hydrogen (secondary N) is 1. The number of anilines is 2. The third-order valence-corrected chi connectivity index (χ3v) is 8.93. The molecular weight excluding hydrogens is 602 g/mol. The maximum atomic E-state index is 15.4. The average Bonchev–Trinajstić information content (AvgIpc) is 3.30. The predicted molar refractivity (Wildman–Crippen MR) is 146 cm³/mol. The minimum absolute atomic E-state index is 0.196. The Kier molecular flexibility index (Phi) is 8.40. The van der Waals surface area contributed by atoms with E-state index in [0.29, 0.717) is 0 Å². The van der Waals surface area contributed by atoms with E-state index in [1.807, 2.05) is 24.3 Å². The van der Waals surface area contributed by atoms with Gasteiger partial charge < -0.3 is 10.1 Å². The first-order valence-corrected chi connectivity index (χ1v) is 14.9. The molecule has 1 aliphatic rings. The molecule has 1 saturated heterocycles. The van der Waals surface area contributed by atoms with Crippen molar-refractivity contribution < 1.29 is 26.7 Å². The largest absolute Gasteiger partial charge is 0.443 e. The topological polar surface area (TPSA) is 91.8 Å². The van der Waals surface area contributed by atoms with Crippen LogP contribution in [0.3, 0.4) is 0 Å². The molecule has 0 saturated carbocycles. The second kappa shape index (κ2) is 11.2. The third-order valence-electron chi connectivity index (χ3n) is 5.73. The molecular formula is C25H27BrF2N4O4S2. The Labute approximate surface area is 232 Å². The highest BCUT2D eigenvalue weighted by Gasteiger charge is 2.40. The standard InChI is InChI=1S/C25H27BrF2N4O4S2/c1-25(2,3)36-24(33)32(20-14-37-15-30-20)38(34,35)23-18(26)11-19(21(27)22(23)28)29-12-16-7-4-5-8-17(16)13-31-9-6-10-31/h4-5,7-8,11,14-15,29H,6,9-10,12-13H2,1-3H3. The number of carbonyl (C=O) groups excluding carboxylic acids is 1. The summed E-state index contributed by atoms with van der Waals surface area (Å²) in [4.78, 5) is 18.0. The molecule has 0 bridgehead atoms. The number of aromatic nitrogens is 1. The highest BCUT2D eigenvalue weighted by Crippen LogP contribution is 2.36. The van der Waals surface area contributed by atoms with Gasteiger partial charge in [-0.25, -0.2) is 27.0 Å². The Bertz CT molecular complexity index is 1430. The van der Waals surface area contributed by atoms with Crippen molar-refractivity contribution in [3.05, 3.63) is 68.5 Å². The number of sulfonamides is 1. The minimum Gasteiger partial charge on any atom is -0.443 e. The molecule has 3 aromatic rings. The summed E-state index contributed by atoms with van der Waals surface area (Å²) >= 11 is 4.10. The summed E-state index contributed by atoms with van der Waals surface area (Å²) in [6, 6.07) is 8.81. The number of likely N-dealkylation sites (tertiary alicyclic amines) is 1. The number of amides is 1. The van der Waals surface area contributed by atoms with Gasteiger partial charge in [-0.2, -0.15) is 0 Å². The first-order chi connectivity index (χ1) is 17.9. The van der Waals surface area contributed by atoms with Gasteiger partial charge in [0.25, 0.3) is 10.0 Å². The van der Waals surface area contributed by atoms with Crippen molar-refractivity contribution in [1.82, 2.24) is 9.88 Å². The van der Waals surface area contributed by atoms with Crippen LogP contribution in [0.2, 0.25) is 0 Å². The Morgan fingerprint density at radius 3 is 2.47 bits per heavy atom. The minimum atomic E-state index is -4.97. The molecule has 204 valence electrons. The number of ether oxygens (including phenoxy) is 1. The highest BCUT2D eigenvalue weighted by molar-refractivity contribution is 9.10. The van der Waals surface area contributed by atoms with Gasteiger partial charge in [-0.3, -0.25) is 4.90 Å². The van der Waals surface area contributed by atoms with E-state index in [0.717, 1.165) is 54.6 Å². The lowest BCUT2D eigenvalue weighted by atomic mass is 10.1. The molecule has 0 spiro atoms. The average molecular weight is 630 g/mol. The molecule has 38 heavy (non-hydrogen) atoms. The number of nitrogens with zero attached hydrogens (tertiary/aromatic N) is 3. The molecule has 1 aliphatic heterocycles. The van der Waals surface area contributed by atoms with Crippen LogP contribution in [0.15, 0.2) is 50.6 Å². The van der Waals surface area contributed by atoms with Gasteiger partial charge in [0.05, 0.1) is 11.2 Å². The van der Waals surface area contributed by atoms with E-state index in [1.165, 1.54) is 10.9 Å². The summed E-state index contributed by atoms with van der Waals surface area (Å²) < 4.78 is 63.0. The van der Waals surface area contributed by atoms with E-state index < -0.39 is 38.2 Å². The van der Waals surface area contributed by atoms with Crippen LogP contribution in [-0.2, 0) is 27.8 Å². The first-order valence-electron chi connectivity index (χ1n) is 11.8. The van der Waals surface area contributed by atoms with Crippen LogP contribution in [0.5, 0.6) is 0 Å². The molecule has 1 aromatic heterocycles. The summed E-state index contributed by atoms with van der Waals surface area (Å²) in [6.07, 6.45) is -0.140. The molecule has 0 radical (unpaired) electrons. The van der Waals surface area contributed by atoms with Crippen LogP contribution in [0, 0.1) is 11.6 Å². The van der Waals surface area contributed by atoms with Crippen molar-refractivity contribution in [3.8, 4) is 0 Å². The number of hydrogen-bond donors (Lipinski definition) is 1. The molecule has 0 unspecified atom stereocenters. The van der Waals surface area contributed by atoms with Crippen LogP contribution in [-0.4, -0.2) is 43.1 Å². The zero-order valence-electron chi connectivity index (χ0n) is 21.0. The molecule has 0 aliphatic carbocycles. The van der Waals surface area contributed by atoms with Gasteiger partial charge in [0.15, 0.2) is 17.5 Å². The molecule has 1 N–H and O–H groups in total. The lowest BCUT2D eigenvalue weighted by molar-refractivity contribution is 0.0608. The fraction of sp³-hybridized carbons (Fsp3) is 0.360. The maximum Gasteiger partial charge on any atom is 0.430 e. The van der Waals surface area contributed by atoms with Crippen molar-refractivity contribution in [3.63, 3.8) is 0 Å². The smallest absolute Gasteiger partial charge is 0.430 e. The zero-order valence-corrected chi connectivity index (χ0v) is 24.2. The quantitative estimate of drug-likeness (QED) is 0.300. The zero-order chi connectivity index (χ0) is 27.7. The number of hydrogen-bond acceptors (Lipinski definition) is 8. The van der Waals surface area contributed by atoms with Gasteiger partial charge in [-0.1, -0.05) is 24.3 Å². The van der Waals surface area contributed by atoms with E-state index in [2.05, 4.69) is 31.1 Å². The van der Waals surface area contributed by atoms with Crippen LogP contribution in [0.1, 0.15) is 38.3 Å². The van der Waals surface area contributed by atoms with Crippen molar-refractivity contribution >= 4 is 54.9 Å². The van der Waals surface area contributed by atoms with E-state index in [-0.39, 0.29) is 26.8 Å². The van der Waals surface area contributed by atoms with E-state index in [9.17, 15) is 13.2 Å². The molecule has 1 fully saturated rings. The maximum absolute atomic E-state index is 15.4. The Morgan fingerprint density at radius 2 is 1.89 bits per heavy atom. The summed E-state index contributed by atoms with van der Waals surface area (Å²) in [5.41, 5.74) is 1.99. The Hall–Kier alpha value is -2.61. The second-order valence-corrected chi connectivity index (χ2v) is 13.0. The summed E-state index contributed by atoms with van der Waals surface area (Å²) in [7, 11) is -4.97. The van der Waals surface area contributed by atoms with E-state index in [4.69, 9.17) is 4.74 Å². The first kappa shape index (κ1) is 28.4. The van der Waals surface area contributed by atoms with Crippen LogP contribution in [0.25, 0.3) is 0 Å².